The molecule has 0 unspecified atom stereocenters. The van der Waals surface area contributed by atoms with Crippen molar-refractivity contribution in [1.82, 2.24) is 9.38 Å². The summed E-state index contributed by atoms with van der Waals surface area (Å²) in [5.41, 5.74) is 1.85. The Hall–Kier alpha value is -2.24. The monoisotopic (exact) mass is 350 g/mol. The van der Waals surface area contributed by atoms with Gasteiger partial charge < -0.3 is 9.47 Å². The van der Waals surface area contributed by atoms with E-state index < -0.39 is 0 Å². The van der Waals surface area contributed by atoms with Crippen LogP contribution in [-0.4, -0.2) is 29.9 Å². The zero-order valence-electron chi connectivity index (χ0n) is 12.3. The average Bonchev–Trinajstić information content (AvgIpc) is 2.92. The Balaban J connectivity index is 2.36. The van der Waals surface area contributed by atoms with Gasteiger partial charge in [0.1, 0.15) is 22.9 Å². The summed E-state index contributed by atoms with van der Waals surface area (Å²) >= 11 is 12.2. The highest BCUT2D eigenvalue weighted by atomic mass is 35.5. The first kappa shape index (κ1) is 15.6. The number of benzene rings is 1. The van der Waals surface area contributed by atoms with Gasteiger partial charge in [-0.1, -0.05) is 23.2 Å². The molecule has 0 aliphatic rings. The first-order chi connectivity index (χ1) is 11.1. The van der Waals surface area contributed by atoms with E-state index in [0.29, 0.717) is 50.4 Å². The SMILES string of the molecule is COc1ccc(OC)c(-c2nc3c(Cl)cc(Cl)cn3c2C=O)c1. The zero-order valence-corrected chi connectivity index (χ0v) is 13.9. The number of nitrogens with zero attached hydrogens (tertiary/aromatic N) is 2. The standard InChI is InChI=1S/C16H12Cl2N2O3/c1-22-10-3-4-14(23-2)11(6-10)15-13(8-21)20-7-9(17)5-12(18)16(20)19-15/h3-8H,1-2H3. The molecule has 0 aliphatic heterocycles. The highest BCUT2D eigenvalue weighted by Crippen LogP contribution is 2.36. The van der Waals surface area contributed by atoms with Gasteiger partial charge in [-0.25, -0.2) is 4.98 Å². The Morgan fingerprint density at radius 1 is 1.17 bits per heavy atom. The Bertz CT molecular complexity index is 906. The lowest BCUT2D eigenvalue weighted by Crippen LogP contribution is -1.95. The maximum Gasteiger partial charge on any atom is 0.169 e. The fourth-order valence-electron chi connectivity index (χ4n) is 2.40. The molecule has 3 aromatic rings. The second-order valence-corrected chi connectivity index (χ2v) is 5.57. The lowest BCUT2D eigenvalue weighted by Gasteiger charge is -2.09. The van der Waals surface area contributed by atoms with Gasteiger partial charge in [-0.05, 0) is 24.3 Å². The van der Waals surface area contributed by atoms with Crippen LogP contribution in [0.4, 0.5) is 0 Å². The Kier molecular flexibility index (Phi) is 4.15. The van der Waals surface area contributed by atoms with Gasteiger partial charge in [-0.2, -0.15) is 0 Å². The minimum atomic E-state index is 0.330. The largest absolute Gasteiger partial charge is 0.497 e. The Labute approximate surface area is 142 Å². The van der Waals surface area contributed by atoms with Gasteiger partial charge in [-0.3, -0.25) is 9.20 Å². The third-order valence-corrected chi connectivity index (χ3v) is 3.94. The number of imidazole rings is 1. The molecule has 0 amide bonds. The number of rotatable bonds is 4. The molecule has 2 heterocycles. The second-order valence-electron chi connectivity index (χ2n) is 4.73. The van der Waals surface area contributed by atoms with E-state index in [4.69, 9.17) is 32.7 Å². The summed E-state index contributed by atoms with van der Waals surface area (Å²) in [5.74, 6) is 1.19. The number of aldehydes is 1. The average molecular weight is 351 g/mol. The van der Waals surface area contributed by atoms with Crippen molar-refractivity contribution in [3.05, 3.63) is 46.2 Å². The minimum absolute atomic E-state index is 0.330. The molecule has 0 bridgehead atoms. The summed E-state index contributed by atoms with van der Waals surface area (Å²) in [6.45, 7) is 0. The summed E-state index contributed by atoms with van der Waals surface area (Å²) in [4.78, 5) is 16.1. The third kappa shape index (κ3) is 2.62. The van der Waals surface area contributed by atoms with Gasteiger partial charge in [0.15, 0.2) is 11.9 Å². The predicted octanol–water partition coefficient (Wildman–Crippen LogP) is 4.14. The number of carbonyl (C=O) groups excluding carboxylic acids is 1. The highest BCUT2D eigenvalue weighted by Gasteiger charge is 2.19. The van der Waals surface area contributed by atoms with Crippen molar-refractivity contribution < 1.29 is 14.3 Å². The van der Waals surface area contributed by atoms with Crippen molar-refractivity contribution in [3.8, 4) is 22.8 Å². The van der Waals surface area contributed by atoms with Crippen LogP contribution in [0.25, 0.3) is 16.9 Å². The van der Waals surface area contributed by atoms with Crippen LogP contribution in [0.5, 0.6) is 11.5 Å². The van der Waals surface area contributed by atoms with E-state index in [1.54, 1.807) is 49.1 Å². The first-order valence-electron chi connectivity index (χ1n) is 6.63. The van der Waals surface area contributed by atoms with Crippen LogP contribution < -0.4 is 9.47 Å². The van der Waals surface area contributed by atoms with E-state index in [9.17, 15) is 4.79 Å². The van der Waals surface area contributed by atoms with Gasteiger partial charge in [0, 0.05) is 11.8 Å². The van der Waals surface area contributed by atoms with Gasteiger partial charge in [0.25, 0.3) is 0 Å². The van der Waals surface area contributed by atoms with Crippen molar-refractivity contribution in [2.24, 2.45) is 0 Å². The summed E-state index contributed by atoms with van der Waals surface area (Å²) < 4.78 is 12.2. The molecule has 0 saturated heterocycles. The van der Waals surface area contributed by atoms with E-state index in [-0.39, 0.29) is 0 Å². The number of fused-ring (bicyclic) bond motifs is 1. The van der Waals surface area contributed by atoms with Crippen LogP contribution >= 0.6 is 23.2 Å². The van der Waals surface area contributed by atoms with Crippen molar-refractivity contribution >= 4 is 35.1 Å². The first-order valence-corrected chi connectivity index (χ1v) is 7.39. The molecule has 1 aromatic carbocycles. The summed E-state index contributed by atoms with van der Waals surface area (Å²) in [6, 6.07) is 6.85. The van der Waals surface area contributed by atoms with E-state index in [1.165, 1.54) is 0 Å². The maximum atomic E-state index is 11.6. The minimum Gasteiger partial charge on any atom is -0.497 e. The fraction of sp³-hybridized carbons (Fsp3) is 0.125. The third-order valence-electron chi connectivity index (χ3n) is 3.45. The fourth-order valence-corrected chi connectivity index (χ4v) is 2.91. The second kappa shape index (κ2) is 6.10. The van der Waals surface area contributed by atoms with Crippen molar-refractivity contribution in [2.45, 2.75) is 0 Å². The lowest BCUT2D eigenvalue weighted by atomic mass is 10.1. The molecule has 0 radical (unpaired) electrons. The van der Waals surface area contributed by atoms with Crippen LogP contribution in [0.15, 0.2) is 30.5 Å². The van der Waals surface area contributed by atoms with Crippen LogP contribution in [0, 0.1) is 0 Å². The molecule has 5 nitrogen and oxygen atoms in total. The Morgan fingerprint density at radius 2 is 1.96 bits per heavy atom. The highest BCUT2D eigenvalue weighted by molar-refractivity contribution is 6.36. The van der Waals surface area contributed by atoms with E-state index in [1.807, 2.05) is 0 Å². The topological polar surface area (TPSA) is 52.8 Å². The van der Waals surface area contributed by atoms with Gasteiger partial charge in [0.2, 0.25) is 0 Å². The molecule has 2 aromatic heterocycles. The smallest absolute Gasteiger partial charge is 0.169 e. The molecule has 23 heavy (non-hydrogen) atoms. The van der Waals surface area contributed by atoms with Crippen molar-refractivity contribution in [3.63, 3.8) is 0 Å². The molecule has 0 atom stereocenters. The molecule has 0 N–H and O–H groups in total. The molecule has 3 rings (SSSR count). The summed E-state index contributed by atoms with van der Waals surface area (Å²) in [5, 5.41) is 0.765. The van der Waals surface area contributed by atoms with Crippen molar-refractivity contribution in [1.29, 1.82) is 0 Å². The normalized spacial score (nSPS) is 10.8. The number of hydrogen-bond donors (Lipinski definition) is 0. The predicted molar refractivity (Wildman–Crippen MR) is 89.1 cm³/mol. The maximum absolute atomic E-state index is 11.6. The Morgan fingerprint density at radius 3 is 2.61 bits per heavy atom. The van der Waals surface area contributed by atoms with Gasteiger partial charge in [0.05, 0.1) is 24.3 Å². The molecule has 0 aliphatic carbocycles. The molecule has 0 saturated carbocycles. The molecular weight excluding hydrogens is 339 g/mol. The van der Waals surface area contributed by atoms with Crippen LogP contribution in [0.2, 0.25) is 10.0 Å². The lowest BCUT2D eigenvalue weighted by molar-refractivity contribution is 0.111. The van der Waals surface area contributed by atoms with Gasteiger partial charge in [-0.15, -0.1) is 0 Å². The van der Waals surface area contributed by atoms with E-state index in [2.05, 4.69) is 4.98 Å². The van der Waals surface area contributed by atoms with Crippen molar-refractivity contribution in [2.75, 3.05) is 14.2 Å². The van der Waals surface area contributed by atoms with E-state index in [0.717, 1.165) is 0 Å². The molecular formula is C16H12Cl2N2O3. The van der Waals surface area contributed by atoms with Crippen LogP contribution in [-0.2, 0) is 0 Å². The zero-order chi connectivity index (χ0) is 16.6. The summed E-state index contributed by atoms with van der Waals surface area (Å²) in [7, 11) is 3.11. The van der Waals surface area contributed by atoms with Crippen LogP contribution in [0.1, 0.15) is 10.5 Å². The number of pyridine rings is 1. The molecule has 7 heteroatoms. The van der Waals surface area contributed by atoms with Crippen LogP contribution in [0.3, 0.4) is 0 Å². The number of aromatic nitrogens is 2. The molecule has 0 spiro atoms. The number of ether oxygens (including phenoxy) is 2. The number of carbonyl (C=O) groups is 1. The number of hydrogen-bond acceptors (Lipinski definition) is 4. The molecule has 118 valence electrons. The van der Waals surface area contributed by atoms with E-state index >= 15 is 0 Å². The quantitative estimate of drug-likeness (QED) is 0.663. The van der Waals surface area contributed by atoms with Gasteiger partial charge >= 0.3 is 0 Å². The summed E-state index contributed by atoms with van der Waals surface area (Å²) in [6.07, 6.45) is 2.30. The molecule has 0 fully saturated rings. The number of methoxy groups -OCH3 is 2. The number of halogens is 2.